The van der Waals surface area contributed by atoms with E-state index in [0.29, 0.717) is 18.6 Å². The molecule has 1 heterocycles. The van der Waals surface area contributed by atoms with Crippen molar-refractivity contribution in [1.82, 2.24) is 19.6 Å². The van der Waals surface area contributed by atoms with E-state index in [4.69, 9.17) is 11.6 Å². The number of nitrogens with zero attached hydrogens (tertiary/aromatic N) is 2. The molecule has 0 aliphatic heterocycles. The fourth-order valence-electron chi connectivity index (χ4n) is 4.63. The quantitative estimate of drug-likeness (QED) is 0.170. The number of aryl methyl sites for hydroxylation is 1. The Morgan fingerprint density at radius 2 is 1.48 bits per heavy atom. The maximum atomic E-state index is 13.6. The fourth-order valence-corrected chi connectivity index (χ4v) is 6.05. The van der Waals surface area contributed by atoms with E-state index in [2.05, 4.69) is 20.9 Å². The zero-order valence-electron chi connectivity index (χ0n) is 26.9. The molecule has 0 bridgehead atoms. The predicted octanol–water partition coefficient (Wildman–Crippen LogP) is 5.38. The summed E-state index contributed by atoms with van der Waals surface area (Å²) in [7, 11) is -4.68. The third-order valence-corrected chi connectivity index (χ3v) is 8.58. The SMILES string of the molecule is CC(C)(C)NC(=O)Nc1nc(Cl)c(CCc2ccccc2)n(CC(=O)Nc2ccccc2S(=O)(=O)NC(=O)c2ccc(C(F)(F)F)cc2)c1=O. The Kier molecular flexibility index (Phi) is 11.4. The zero-order chi connectivity index (χ0) is 36.9. The largest absolute Gasteiger partial charge is 0.416 e. The van der Waals surface area contributed by atoms with Crippen LogP contribution in [0.25, 0.3) is 0 Å². The number of benzene rings is 3. The van der Waals surface area contributed by atoms with Crippen molar-refractivity contribution >= 4 is 51.0 Å². The topological polar surface area (TPSA) is 168 Å². The van der Waals surface area contributed by atoms with Crippen LogP contribution in [0.5, 0.6) is 0 Å². The molecule has 0 spiro atoms. The number of aromatic nitrogens is 2. The summed E-state index contributed by atoms with van der Waals surface area (Å²) >= 11 is 6.50. The van der Waals surface area contributed by atoms with Gasteiger partial charge in [0.1, 0.15) is 11.4 Å². The molecule has 0 aliphatic rings. The molecule has 0 radical (unpaired) electrons. The Labute approximate surface area is 290 Å². The van der Waals surface area contributed by atoms with Crippen LogP contribution in [0.1, 0.15) is 48.0 Å². The number of urea groups is 1. The third kappa shape index (κ3) is 9.92. The number of carbonyl (C=O) groups is 3. The van der Waals surface area contributed by atoms with Crippen molar-refractivity contribution in [3.63, 3.8) is 0 Å². The lowest BCUT2D eigenvalue weighted by Gasteiger charge is -2.21. The van der Waals surface area contributed by atoms with E-state index in [1.165, 1.54) is 18.2 Å². The Hall–Kier alpha value is -5.22. The summed E-state index contributed by atoms with van der Waals surface area (Å²) in [5, 5.41) is 7.25. The lowest BCUT2D eigenvalue weighted by Crippen LogP contribution is -2.44. The van der Waals surface area contributed by atoms with Crippen molar-refractivity contribution in [2.24, 2.45) is 0 Å². The zero-order valence-corrected chi connectivity index (χ0v) is 28.5. The lowest BCUT2D eigenvalue weighted by molar-refractivity contribution is -0.137. The second kappa shape index (κ2) is 15.1. The van der Waals surface area contributed by atoms with Crippen LogP contribution in [0.4, 0.5) is 29.5 Å². The van der Waals surface area contributed by atoms with Gasteiger partial charge in [-0.2, -0.15) is 13.2 Å². The number of amides is 4. The Morgan fingerprint density at radius 1 is 0.860 bits per heavy atom. The summed E-state index contributed by atoms with van der Waals surface area (Å²) in [6.07, 6.45) is -4.10. The van der Waals surface area contributed by atoms with E-state index in [0.717, 1.165) is 28.3 Å². The number of carbonyl (C=O) groups excluding carboxylic acids is 3. The van der Waals surface area contributed by atoms with Gasteiger partial charge in [-0.25, -0.2) is 22.9 Å². The second-order valence-corrected chi connectivity index (χ2v) is 14.0. The maximum Gasteiger partial charge on any atom is 0.416 e. The summed E-state index contributed by atoms with van der Waals surface area (Å²) < 4.78 is 68.0. The molecular weight excluding hydrogens is 701 g/mol. The molecule has 264 valence electrons. The molecule has 0 unspecified atom stereocenters. The van der Waals surface area contributed by atoms with Crippen LogP contribution in [0.3, 0.4) is 0 Å². The number of hydrogen-bond acceptors (Lipinski definition) is 7. The van der Waals surface area contributed by atoms with Crippen molar-refractivity contribution in [3.05, 3.63) is 117 Å². The van der Waals surface area contributed by atoms with Gasteiger partial charge in [0.05, 0.1) is 16.9 Å². The first-order chi connectivity index (χ1) is 23.3. The van der Waals surface area contributed by atoms with Gasteiger partial charge in [-0.1, -0.05) is 54.1 Å². The highest BCUT2D eigenvalue weighted by Gasteiger charge is 2.31. The highest BCUT2D eigenvalue weighted by Crippen LogP contribution is 2.29. The van der Waals surface area contributed by atoms with Gasteiger partial charge in [0.25, 0.3) is 21.5 Å². The normalized spacial score (nSPS) is 11.8. The number of halogens is 4. The summed E-state index contributed by atoms with van der Waals surface area (Å²) in [4.78, 5) is 55.8. The van der Waals surface area contributed by atoms with Gasteiger partial charge >= 0.3 is 12.2 Å². The Balaban J connectivity index is 1.61. The van der Waals surface area contributed by atoms with E-state index in [9.17, 15) is 40.8 Å². The van der Waals surface area contributed by atoms with Crippen molar-refractivity contribution in [2.75, 3.05) is 10.6 Å². The van der Waals surface area contributed by atoms with Gasteiger partial charge < -0.3 is 10.6 Å². The smallest absolute Gasteiger partial charge is 0.333 e. The number of alkyl halides is 3. The molecule has 4 N–H and O–H groups in total. The molecule has 4 amide bonds. The summed E-state index contributed by atoms with van der Waals surface area (Å²) in [5.74, 6) is -2.55. The van der Waals surface area contributed by atoms with Crippen molar-refractivity contribution in [1.29, 1.82) is 0 Å². The summed E-state index contributed by atoms with van der Waals surface area (Å²) in [5.41, 5.74) is -2.11. The molecule has 0 atom stereocenters. The minimum Gasteiger partial charge on any atom is -0.333 e. The van der Waals surface area contributed by atoms with Gasteiger partial charge in [-0.3, -0.25) is 24.3 Å². The van der Waals surface area contributed by atoms with E-state index < -0.39 is 68.0 Å². The van der Waals surface area contributed by atoms with Crippen LogP contribution in [0, 0.1) is 0 Å². The van der Waals surface area contributed by atoms with Gasteiger partial charge in [0.2, 0.25) is 11.7 Å². The van der Waals surface area contributed by atoms with Gasteiger partial charge in [-0.15, -0.1) is 0 Å². The van der Waals surface area contributed by atoms with E-state index in [-0.39, 0.29) is 28.5 Å². The maximum absolute atomic E-state index is 13.6. The molecule has 0 saturated carbocycles. The number of hydrogen-bond donors (Lipinski definition) is 4. The Morgan fingerprint density at radius 3 is 2.10 bits per heavy atom. The van der Waals surface area contributed by atoms with Gasteiger partial charge in [-0.05, 0) is 75.6 Å². The molecule has 50 heavy (non-hydrogen) atoms. The average molecular weight is 733 g/mol. The standard InChI is InChI=1S/C33H32ClF3N6O6S/c1-32(2,3)41-31(47)40-28-30(46)43(24(27(34)39-28)18-13-20-9-5-4-6-10-20)19-26(44)38-23-11-7-8-12-25(23)50(48,49)42-29(45)21-14-16-22(17-15-21)33(35,36)37/h4-12,14-17H,13,18-19H2,1-3H3,(H,38,44)(H,42,45)(H2,39,40,41,47). The van der Waals surface area contributed by atoms with E-state index >= 15 is 0 Å². The molecule has 0 saturated heterocycles. The molecule has 1 aromatic heterocycles. The summed E-state index contributed by atoms with van der Waals surface area (Å²) in [6, 6.07) is 16.4. The fraction of sp³-hybridized carbons (Fsp3) is 0.242. The molecule has 17 heteroatoms. The van der Waals surface area contributed by atoms with Crippen molar-refractivity contribution in [2.45, 2.75) is 56.8 Å². The molecule has 4 rings (SSSR count). The molecule has 3 aromatic carbocycles. The van der Waals surface area contributed by atoms with Crippen LogP contribution < -0.4 is 26.2 Å². The van der Waals surface area contributed by atoms with E-state index in [1.807, 2.05) is 30.3 Å². The molecule has 0 aliphatic carbocycles. The first-order valence-electron chi connectivity index (χ1n) is 14.9. The Bertz CT molecular complexity index is 2070. The first-order valence-corrected chi connectivity index (χ1v) is 16.8. The van der Waals surface area contributed by atoms with Crippen LogP contribution >= 0.6 is 11.6 Å². The number of nitrogens with one attached hydrogen (secondary N) is 4. The molecule has 12 nitrogen and oxygen atoms in total. The minimum absolute atomic E-state index is 0.159. The van der Waals surface area contributed by atoms with Gasteiger partial charge in [0.15, 0.2) is 5.15 Å². The van der Waals surface area contributed by atoms with Crippen LogP contribution in [-0.4, -0.2) is 41.4 Å². The number of sulfonamides is 1. The number of anilines is 2. The van der Waals surface area contributed by atoms with Crippen LogP contribution in [0.2, 0.25) is 5.15 Å². The molecular formula is C33H32ClF3N6O6S. The number of para-hydroxylation sites is 1. The minimum atomic E-state index is -4.68. The first kappa shape index (κ1) is 37.6. The average Bonchev–Trinajstić information content (AvgIpc) is 3.02. The van der Waals surface area contributed by atoms with Crippen molar-refractivity contribution in [3.8, 4) is 0 Å². The summed E-state index contributed by atoms with van der Waals surface area (Å²) in [6.45, 7) is 4.48. The van der Waals surface area contributed by atoms with E-state index in [1.54, 1.807) is 25.5 Å². The third-order valence-electron chi connectivity index (χ3n) is 6.89. The van der Waals surface area contributed by atoms with Gasteiger partial charge in [0, 0.05) is 11.1 Å². The predicted molar refractivity (Wildman–Crippen MR) is 180 cm³/mol. The highest BCUT2D eigenvalue weighted by molar-refractivity contribution is 7.90. The monoisotopic (exact) mass is 732 g/mol. The molecule has 0 fully saturated rings. The molecule has 4 aromatic rings. The number of rotatable bonds is 10. The van der Waals surface area contributed by atoms with Crippen LogP contribution in [0.15, 0.2) is 88.6 Å². The van der Waals surface area contributed by atoms with Crippen LogP contribution in [-0.2, 0) is 40.4 Å². The highest BCUT2D eigenvalue weighted by atomic mass is 35.5. The van der Waals surface area contributed by atoms with Crippen molar-refractivity contribution < 1.29 is 36.0 Å². The lowest BCUT2D eigenvalue weighted by atomic mass is 10.1. The second-order valence-electron chi connectivity index (χ2n) is 12.0.